The van der Waals surface area contributed by atoms with Gasteiger partial charge in [0.25, 0.3) is 0 Å². The first kappa shape index (κ1) is 16.7. The van der Waals surface area contributed by atoms with E-state index in [9.17, 15) is 0 Å². The highest BCUT2D eigenvalue weighted by Crippen LogP contribution is 2.24. The van der Waals surface area contributed by atoms with E-state index in [1.165, 1.54) is 11.1 Å². The normalized spacial score (nSPS) is 11.6. The topological polar surface area (TPSA) is 41.4 Å². The van der Waals surface area contributed by atoms with Crippen LogP contribution in [0.3, 0.4) is 0 Å². The van der Waals surface area contributed by atoms with Gasteiger partial charge in [0, 0.05) is 26.3 Å². The van der Waals surface area contributed by atoms with E-state index < -0.39 is 0 Å². The molecule has 1 aromatic carbocycles. The van der Waals surface area contributed by atoms with Crippen LogP contribution in [0.4, 0.5) is 0 Å². The van der Waals surface area contributed by atoms with Gasteiger partial charge in [-0.3, -0.25) is 4.99 Å². The second-order valence-electron chi connectivity index (χ2n) is 5.10. The number of hydrogen-bond donors (Lipinski definition) is 2. The van der Waals surface area contributed by atoms with Crippen LogP contribution in [0.5, 0.6) is 0 Å². The molecule has 2 N–H and O–H groups in total. The summed E-state index contributed by atoms with van der Waals surface area (Å²) in [6.45, 7) is 3.39. The van der Waals surface area contributed by atoms with Gasteiger partial charge in [-0.25, -0.2) is 0 Å². The summed E-state index contributed by atoms with van der Waals surface area (Å²) >= 11 is 12.1. The number of aryl methyl sites for hydroxylation is 1. The lowest BCUT2D eigenvalue weighted by atomic mass is 10.1. The summed E-state index contributed by atoms with van der Waals surface area (Å²) in [5.74, 6) is 0.731. The van der Waals surface area contributed by atoms with Crippen LogP contribution in [0, 0.1) is 6.92 Å². The van der Waals surface area contributed by atoms with E-state index in [1.807, 2.05) is 17.7 Å². The zero-order valence-electron chi connectivity index (χ0n) is 13.0. The zero-order chi connectivity index (χ0) is 16.1. The Morgan fingerprint density at radius 2 is 1.91 bits per heavy atom. The largest absolute Gasteiger partial charge is 0.352 e. The molecule has 0 saturated carbocycles. The third-order valence-corrected chi connectivity index (χ3v) is 4.26. The van der Waals surface area contributed by atoms with Crippen LogP contribution in [0.25, 0.3) is 0 Å². The number of halogens is 2. The van der Waals surface area contributed by atoms with Crippen LogP contribution in [-0.2, 0) is 20.1 Å². The van der Waals surface area contributed by atoms with Gasteiger partial charge in [-0.15, -0.1) is 0 Å². The summed E-state index contributed by atoms with van der Waals surface area (Å²) in [5.41, 5.74) is 3.46. The van der Waals surface area contributed by atoms with E-state index in [1.54, 1.807) is 7.05 Å². The van der Waals surface area contributed by atoms with E-state index in [0.717, 1.165) is 18.2 Å². The molecular formula is C16H20Cl2N4. The van der Waals surface area contributed by atoms with Crippen molar-refractivity contribution in [2.75, 3.05) is 7.05 Å². The minimum absolute atomic E-state index is 0.543. The molecule has 0 aliphatic carbocycles. The highest BCUT2D eigenvalue weighted by Gasteiger charge is 2.09. The van der Waals surface area contributed by atoms with E-state index in [4.69, 9.17) is 23.2 Å². The monoisotopic (exact) mass is 338 g/mol. The molecule has 0 aliphatic heterocycles. The minimum atomic E-state index is 0.543. The molecule has 118 valence electrons. The Morgan fingerprint density at radius 1 is 1.18 bits per heavy atom. The molecule has 6 heteroatoms. The Labute approximate surface area is 141 Å². The molecule has 0 aliphatic rings. The lowest BCUT2D eigenvalue weighted by Crippen LogP contribution is -2.36. The molecule has 0 fully saturated rings. The van der Waals surface area contributed by atoms with Crippen molar-refractivity contribution < 1.29 is 0 Å². The van der Waals surface area contributed by atoms with Crippen molar-refractivity contribution in [1.82, 2.24) is 15.2 Å². The molecule has 2 rings (SSSR count). The molecule has 22 heavy (non-hydrogen) atoms. The van der Waals surface area contributed by atoms with E-state index in [2.05, 4.69) is 46.8 Å². The first-order valence-corrected chi connectivity index (χ1v) is 7.76. The van der Waals surface area contributed by atoms with Gasteiger partial charge >= 0.3 is 0 Å². The smallest absolute Gasteiger partial charge is 0.191 e. The van der Waals surface area contributed by atoms with E-state index >= 15 is 0 Å². The predicted octanol–water partition coefficient (Wildman–Crippen LogP) is 3.51. The van der Waals surface area contributed by atoms with E-state index in [-0.39, 0.29) is 0 Å². The SMILES string of the molecule is CN=C(NCc1cccc(C)c1)NCc1cc(Cl)c(Cl)n1C. The van der Waals surface area contributed by atoms with E-state index in [0.29, 0.717) is 16.7 Å². The summed E-state index contributed by atoms with van der Waals surface area (Å²) < 4.78 is 1.85. The zero-order valence-corrected chi connectivity index (χ0v) is 14.5. The van der Waals surface area contributed by atoms with Crippen LogP contribution in [0.2, 0.25) is 10.2 Å². The number of benzene rings is 1. The fraction of sp³-hybridized carbons (Fsp3) is 0.312. The van der Waals surface area contributed by atoms with Crippen molar-refractivity contribution in [3.63, 3.8) is 0 Å². The lowest BCUT2D eigenvalue weighted by molar-refractivity contribution is 0.750. The van der Waals surface area contributed by atoms with Crippen molar-refractivity contribution in [3.8, 4) is 0 Å². The summed E-state index contributed by atoms with van der Waals surface area (Å²) in [6, 6.07) is 10.2. The van der Waals surface area contributed by atoms with Crippen molar-refractivity contribution >= 4 is 29.2 Å². The fourth-order valence-corrected chi connectivity index (χ4v) is 2.58. The number of aromatic nitrogens is 1. The van der Waals surface area contributed by atoms with Crippen LogP contribution in [0.1, 0.15) is 16.8 Å². The second-order valence-corrected chi connectivity index (χ2v) is 5.87. The van der Waals surface area contributed by atoms with Gasteiger partial charge in [0.2, 0.25) is 0 Å². The fourth-order valence-electron chi connectivity index (χ4n) is 2.16. The maximum atomic E-state index is 6.06. The maximum Gasteiger partial charge on any atom is 0.191 e. The van der Waals surface area contributed by atoms with Gasteiger partial charge in [-0.2, -0.15) is 0 Å². The molecule has 2 aromatic rings. The number of guanidine groups is 1. The Balaban J connectivity index is 1.91. The average Bonchev–Trinajstić information content (AvgIpc) is 2.75. The number of hydrogen-bond acceptors (Lipinski definition) is 1. The van der Waals surface area contributed by atoms with Crippen molar-refractivity contribution in [1.29, 1.82) is 0 Å². The van der Waals surface area contributed by atoms with Gasteiger partial charge in [0.1, 0.15) is 5.15 Å². The molecule has 1 aromatic heterocycles. The number of nitrogens with zero attached hydrogens (tertiary/aromatic N) is 2. The second kappa shape index (κ2) is 7.56. The first-order chi connectivity index (χ1) is 10.5. The van der Waals surface area contributed by atoms with Crippen LogP contribution in [-0.4, -0.2) is 17.6 Å². The summed E-state index contributed by atoms with van der Waals surface area (Å²) in [6.07, 6.45) is 0. The van der Waals surface area contributed by atoms with Gasteiger partial charge in [0.05, 0.1) is 11.6 Å². The summed E-state index contributed by atoms with van der Waals surface area (Å²) in [4.78, 5) is 4.22. The molecule has 4 nitrogen and oxygen atoms in total. The first-order valence-electron chi connectivity index (χ1n) is 7.01. The summed E-state index contributed by atoms with van der Waals surface area (Å²) in [7, 11) is 3.63. The van der Waals surface area contributed by atoms with Gasteiger partial charge in [-0.05, 0) is 18.6 Å². The summed E-state index contributed by atoms with van der Waals surface area (Å²) in [5, 5.41) is 7.64. The van der Waals surface area contributed by atoms with Crippen molar-refractivity contribution in [3.05, 3.63) is 57.3 Å². The maximum absolute atomic E-state index is 6.06. The highest BCUT2D eigenvalue weighted by molar-refractivity contribution is 6.41. The van der Waals surface area contributed by atoms with Crippen LogP contribution < -0.4 is 10.6 Å². The van der Waals surface area contributed by atoms with Gasteiger partial charge < -0.3 is 15.2 Å². The highest BCUT2D eigenvalue weighted by atomic mass is 35.5. The number of nitrogens with one attached hydrogen (secondary N) is 2. The molecule has 0 spiro atoms. The number of rotatable bonds is 4. The Morgan fingerprint density at radius 3 is 2.50 bits per heavy atom. The number of aliphatic imine (C=N–C) groups is 1. The van der Waals surface area contributed by atoms with Crippen molar-refractivity contribution in [2.45, 2.75) is 20.0 Å². The minimum Gasteiger partial charge on any atom is -0.352 e. The third-order valence-electron chi connectivity index (χ3n) is 3.42. The van der Waals surface area contributed by atoms with Crippen molar-refractivity contribution in [2.24, 2.45) is 12.0 Å². The quantitative estimate of drug-likeness (QED) is 0.661. The van der Waals surface area contributed by atoms with Gasteiger partial charge in [-0.1, -0.05) is 53.0 Å². The Hall–Kier alpha value is -1.65. The molecular weight excluding hydrogens is 319 g/mol. The van der Waals surface area contributed by atoms with Crippen LogP contribution >= 0.6 is 23.2 Å². The van der Waals surface area contributed by atoms with Gasteiger partial charge in [0.15, 0.2) is 5.96 Å². The molecule has 0 amide bonds. The third kappa shape index (κ3) is 4.18. The lowest BCUT2D eigenvalue weighted by Gasteiger charge is -2.13. The molecule has 1 heterocycles. The predicted molar refractivity (Wildman–Crippen MR) is 93.7 cm³/mol. The standard InChI is InChI=1S/C16H20Cl2N4/c1-11-5-4-6-12(7-11)9-20-16(19-2)21-10-13-8-14(17)15(18)22(13)3/h4-8H,9-10H2,1-3H3,(H2,19,20,21). The average molecular weight is 339 g/mol. The Kier molecular flexibility index (Phi) is 5.75. The molecule has 0 radical (unpaired) electrons. The molecule has 0 bridgehead atoms. The molecule has 0 unspecified atom stereocenters. The Bertz CT molecular complexity index is 677. The van der Waals surface area contributed by atoms with Crippen LogP contribution in [0.15, 0.2) is 35.3 Å². The molecule has 0 atom stereocenters. The molecule has 0 saturated heterocycles.